The monoisotopic (exact) mass is 270 g/mol. The highest BCUT2D eigenvalue weighted by Gasteiger charge is 2.05. The maximum Gasteiger partial charge on any atom is 0.128 e. The standard InChI is InChI=1S/C12H19BrN2/c1-9(2)5-6-15(4)12-7-10(3)11(13)8-14-12/h7-9H,5-6H2,1-4H3. The smallest absolute Gasteiger partial charge is 0.128 e. The molecule has 0 aromatic carbocycles. The number of nitrogens with zero attached hydrogens (tertiary/aromatic N) is 2. The zero-order valence-corrected chi connectivity index (χ0v) is 11.5. The number of hydrogen-bond donors (Lipinski definition) is 0. The summed E-state index contributed by atoms with van der Waals surface area (Å²) >= 11 is 3.46. The Bertz CT molecular complexity index is 323. The summed E-state index contributed by atoms with van der Waals surface area (Å²) in [6.07, 6.45) is 3.07. The molecule has 0 fully saturated rings. The van der Waals surface area contributed by atoms with Crippen molar-refractivity contribution in [2.45, 2.75) is 27.2 Å². The summed E-state index contributed by atoms with van der Waals surface area (Å²) in [5.74, 6) is 1.79. The van der Waals surface area contributed by atoms with Gasteiger partial charge in [-0.1, -0.05) is 13.8 Å². The summed E-state index contributed by atoms with van der Waals surface area (Å²) in [6, 6.07) is 2.12. The van der Waals surface area contributed by atoms with E-state index in [1.54, 1.807) is 0 Å². The SMILES string of the molecule is Cc1cc(N(C)CCC(C)C)ncc1Br. The molecule has 0 bridgehead atoms. The fourth-order valence-corrected chi connectivity index (χ4v) is 1.52. The van der Waals surface area contributed by atoms with Gasteiger partial charge in [0.2, 0.25) is 0 Å². The molecule has 1 rings (SSSR count). The number of halogens is 1. The number of aromatic nitrogens is 1. The van der Waals surface area contributed by atoms with Gasteiger partial charge in [-0.05, 0) is 46.8 Å². The molecule has 0 aliphatic carbocycles. The van der Waals surface area contributed by atoms with Crippen molar-refractivity contribution in [1.82, 2.24) is 4.98 Å². The highest BCUT2D eigenvalue weighted by molar-refractivity contribution is 9.10. The Morgan fingerprint density at radius 3 is 2.67 bits per heavy atom. The molecular formula is C12H19BrN2. The number of aryl methyl sites for hydroxylation is 1. The second kappa shape index (κ2) is 5.50. The molecule has 0 radical (unpaired) electrons. The first-order chi connectivity index (χ1) is 7.00. The molecule has 1 heterocycles. The van der Waals surface area contributed by atoms with Crippen LogP contribution < -0.4 is 4.90 Å². The van der Waals surface area contributed by atoms with Crippen molar-refractivity contribution in [1.29, 1.82) is 0 Å². The number of hydrogen-bond acceptors (Lipinski definition) is 2. The van der Waals surface area contributed by atoms with Gasteiger partial charge < -0.3 is 4.90 Å². The maximum atomic E-state index is 4.40. The van der Waals surface area contributed by atoms with Crippen LogP contribution in [0, 0.1) is 12.8 Å². The average Bonchev–Trinajstić information content (AvgIpc) is 2.18. The predicted octanol–water partition coefficient (Wildman–Crippen LogP) is 3.63. The highest BCUT2D eigenvalue weighted by atomic mass is 79.9. The van der Waals surface area contributed by atoms with Gasteiger partial charge in [0.15, 0.2) is 0 Å². The lowest BCUT2D eigenvalue weighted by Gasteiger charge is -2.19. The minimum absolute atomic E-state index is 0.740. The molecule has 3 heteroatoms. The first-order valence-electron chi connectivity index (χ1n) is 5.34. The van der Waals surface area contributed by atoms with Crippen LogP contribution in [0.5, 0.6) is 0 Å². The highest BCUT2D eigenvalue weighted by Crippen LogP contribution is 2.19. The van der Waals surface area contributed by atoms with Crippen LogP contribution >= 0.6 is 15.9 Å². The molecule has 0 saturated carbocycles. The zero-order chi connectivity index (χ0) is 11.4. The fraction of sp³-hybridized carbons (Fsp3) is 0.583. The second-order valence-corrected chi connectivity index (χ2v) is 5.25. The van der Waals surface area contributed by atoms with Crippen LogP contribution in [-0.2, 0) is 0 Å². The summed E-state index contributed by atoms with van der Waals surface area (Å²) in [5.41, 5.74) is 1.23. The number of rotatable bonds is 4. The van der Waals surface area contributed by atoms with Crippen molar-refractivity contribution in [2.24, 2.45) is 5.92 Å². The van der Waals surface area contributed by atoms with Gasteiger partial charge in [0, 0.05) is 24.3 Å². The summed E-state index contributed by atoms with van der Waals surface area (Å²) in [6.45, 7) is 7.64. The van der Waals surface area contributed by atoms with E-state index in [2.05, 4.69) is 59.7 Å². The third kappa shape index (κ3) is 3.82. The molecule has 0 amide bonds. The van der Waals surface area contributed by atoms with Crippen LogP contribution in [-0.4, -0.2) is 18.6 Å². The van der Waals surface area contributed by atoms with Gasteiger partial charge in [-0.15, -0.1) is 0 Å². The molecule has 0 atom stereocenters. The molecule has 1 aromatic heterocycles. The zero-order valence-electron chi connectivity index (χ0n) is 9.92. The Labute approximate surface area is 101 Å². The van der Waals surface area contributed by atoms with Crippen LogP contribution in [0.2, 0.25) is 0 Å². The van der Waals surface area contributed by atoms with Crippen LogP contribution in [0.3, 0.4) is 0 Å². The van der Waals surface area contributed by atoms with Gasteiger partial charge in [0.1, 0.15) is 5.82 Å². The third-order valence-corrected chi connectivity index (χ3v) is 3.30. The van der Waals surface area contributed by atoms with Gasteiger partial charge in [-0.25, -0.2) is 4.98 Å². The van der Waals surface area contributed by atoms with E-state index < -0.39 is 0 Å². The maximum absolute atomic E-state index is 4.40. The molecule has 0 aliphatic heterocycles. The Morgan fingerprint density at radius 1 is 1.47 bits per heavy atom. The van der Waals surface area contributed by atoms with E-state index in [9.17, 15) is 0 Å². The lowest BCUT2D eigenvalue weighted by Crippen LogP contribution is -2.21. The summed E-state index contributed by atoms with van der Waals surface area (Å²) in [4.78, 5) is 6.60. The lowest BCUT2D eigenvalue weighted by atomic mass is 10.1. The van der Waals surface area contributed by atoms with E-state index >= 15 is 0 Å². The molecule has 84 valence electrons. The Hall–Kier alpha value is -0.570. The van der Waals surface area contributed by atoms with E-state index in [0.717, 1.165) is 22.8 Å². The van der Waals surface area contributed by atoms with E-state index in [1.807, 2.05) is 6.20 Å². The van der Waals surface area contributed by atoms with E-state index in [0.29, 0.717) is 0 Å². The quantitative estimate of drug-likeness (QED) is 0.831. The largest absolute Gasteiger partial charge is 0.360 e. The van der Waals surface area contributed by atoms with Gasteiger partial charge in [0.25, 0.3) is 0 Å². The summed E-state index contributed by atoms with van der Waals surface area (Å²) in [5, 5.41) is 0. The van der Waals surface area contributed by atoms with Crippen molar-refractivity contribution in [3.63, 3.8) is 0 Å². The van der Waals surface area contributed by atoms with Crippen LogP contribution in [0.4, 0.5) is 5.82 Å². The van der Waals surface area contributed by atoms with Gasteiger partial charge >= 0.3 is 0 Å². The molecule has 0 N–H and O–H groups in total. The van der Waals surface area contributed by atoms with Crippen molar-refractivity contribution < 1.29 is 0 Å². The number of anilines is 1. The first kappa shape index (κ1) is 12.5. The Morgan fingerprint density at radius 2 is 2.13 bits per heavy atom. The fourth-order valence-electron chi connectivity index (χ4n) is 1.30. The molecule has 1 aromatic rings. The van der Waals surface area contributed by atoms with Crippen molar-refractivity contribution in [3.8, 4) is 0 Å². The van der Waals surface area contributed by atoms with Crippen LogP contribution in [0.1, 0.15) is 25.8 Å². The van der Waals surface area contributed by atoms with E-state index in [1.165, 1.54) is 12.0 Å². The van der Waals surface area contributed by atoms with Crippen LogP contribution in [0.25, 0.3) is 0 Å². The van der Waals surface area contributed by atoms with Crippen molar-refractivity contribution >= 4 is 21.7 Å². The van der Waals surface area contributed by atoms with Gasteiger partial charge in [-0.2, -0.15) is 0 Å². The number of pyridine rings is 1. The van der Waals surface area contributed by atoms with Crippen LogP contribution in [0.15, 0.2) is 16.7 Å². The normalized spacial score (nSPS) is 10.8. The molecule has 0 saturated heterocycles. The predicted molar refractivity (Wildman–Crippen MR) is 69.4 cm³/mol. The molecule has 0 aliphatic rings. The minimum atomic E-state index is 0.740. The second-order valence-electron chi connectivity index (χ2n) is 4.40. The average molecular weight is 271 g/mol. The minimum Gasteiger partial charge on any atom is -0.360 e. The van der Waals surface area contributed by atoms with Crippen molar-refractivity contribution in [3.05, 3.63) is 22.3 Å². The Kier molecular flexibility index (Phi) is 4.58. The molecular weight excluding hydrogens is 252 g/mol. The lowest BCUT2D eigenvalue weighted by molar-refractivity contribution is 0.583. The summed E-state index contributed by atoms with van der Waals surface area (Å²) < 4.78 is 1.07. The Balaban J connectivity index is 2.65. The first-order valence-corrected chi connectivity index (χ1v) is 6.13. The molecule has 2 nitrogen and oxygen atoms in total. The van der Waals surface area contributed by atoms with Gasteiger partial charge in [-0.3, -0.25) is 0 Å². The van der Waals surface area contributed by atoms with E-state index in [4.69, 9.17) is 0 Å². The summed E-state index contributed by atoms with van der Waals surface area (Å²) in [7, 11) is 2.10. The molecule has 0 spiro atoms. The third-order valence-electron chi connectivity index (χ3n) is 2.47. The molecule has 15 heavy (non-hydrogen) atoms. The molecule has 0 unspecified atom stereocenters. The van der Waals surface area contributed by atoms with Crippen molar-refractivity contribution in [2.75, 3.05) is 18.5 Å². The van der Waals surface area contributed by atoms with Gasteiger partial charge in [0.05, 0.1) is 0 Å². The van der Waals surface area contributed by atoms with E-state index in [-0.39, 0.29) is 0 Å². The topological polar surface area (TPSA) is 16.1 Å².